The molecular weight excluding hydrogens is 304 g/mol. The van der Waals surface area contributed by atoms with Crippen LogP contribution in [0.15, 0.2) is 34.7 Å². The maximum absolute atomic E-state index is 13.1. The van der Waals surface area contributed by atoms with E-state index in [0.717, 1.165) is 31.5 Å². The van der Waals surface area contributed by atoms with Gasteiger partial charge in [-0.15, -0.1) is 5.10 Å². The smallest absolute Gasteiger partial charge is 0.318 e. The third-order valence-electron chi connectivity index (χ3n) is 4.90. The Morgan fingerprint density at radius 2 is 1.83 bits per heavy atom. The molecule has 1 amide bonds. The molecular formula is C18H22N4O2. The number of piperazine rings is 1. The summed E-state index contributed by atoms with van der Waals surface area (Å²) in [5, 5.41) is 7.94. The Hall–Kier alpha value is -2.37. The highest BCUT2D eigenvalue weighted by atomic mass is 16.4. The molecule has 1 aromatic carbocycles. The number of amides is 1. The third kappa shape index (κ3) is 3.00. The zero-order valence-corrected chi connectivity index (χ0v) is 13.9. The minimum Gasteiger partial charge on any atom is -0.408 e. The van der Waals surface area contributed by atoms with Gasteiger partial charge in [-0.2, -0.15) is 0 Å². The Bertz CT molecular complexity index is 703. The van der Waals surface area contributed by atoms with Crippen LogP contribution < -0.4 is 4.90 Å². The molecule has 6 nitrogen and oxygen atoms in total. The monoisotopic (exact) mass is 326 g/mol. The molecule has 0 spiro atoms. The predicted molar refractivity (Wildman–Crippen MR) is 89.7 cm³/mol. The predicted octanol–water partition coefficient (Wildman–Crippen LogP) is 2.22. The van der Waals surface area contributed by atoms with Gasteiger partial charge in [-0.1, -0.05) is 35.4 Å². The fourth-order valence-corrected chi connectivity index (χ4v) is 3.44. The van der Waals surface area contributed by atoms with Gasteiger partial charge in [0.25, 0.3) is 0 Å². The second-order valence-electron chi connectivity index (χ2n) is 6.64. The van der Waals surface area contributed by atoms with E-state index < -0.39 is 0 Å². The molecule has 4 rings (SSSR count). The Balaban J connectivity index is 1.43. The summed E-state index contributed by atoms with van der Waals surface area (Å²) >= 11 is 0. The average Bonchev–Trinajstić information content (AvgIpc) is 3.36. The summed E-state index contributed by atoms with van der Waals surface area (Å²) < 4.78 is 5.48. The highest BCUT2D eigenvalue weighted by Crippen LogP contribution is 2.43. The summed E-state index contributed by atoms with van der Waals surface area (Å²) in [5.74, 6) is 1.37. The van der Waals surface area contributed by atoms with Crippen molar-refractivity contribution in [1.29, 1.82) is 0 Å². The number of benzene rings is 1. The molecule has 0 radical (unpaired) electrons. The van der Waals surface area contributed by atoms with E-state index in [2.05, 4.69) is 27.2 Å². The first kappa shape index (κ1) is 15.2. The van der Waals surface area contributed by atoms with Crippen LogP contribution in [0.2, 0.25) is 0 Å². The number of nitrogens with zero attached hydrogens (tertiary/aromatic N) is 4. The van der Waals surface area contributed by atoms with Crippen LogP contribution >= 0.6 is 0 Å². The van der Waals surface area contributed by atoms with Crippen LogP contribution in [0.3, 0.4) is 0 Å². The fourth-order valence-electron chi connectivity index (χ4n) is 3.44. The van der Waals surface area contributed by atoms with Gasteiger partial charge in [-0.25, -0.2) is 0 Å². The van der Waals surface area contributed by atoms with Crippen molar-refractivity contribution < 1.29 is 9.21 Å². The zero-order valence-electron chi connectivity index (χ0n) is 13.9. The highest BCUT2D eigenvalue weighted by molar-refractivity contribution is 5.84. The molecule has 1 atom stereocenters. The maximum Gasteiger partial charge on any atom is 0.318 e. The van der Waals surface area contributed by atoms with Crippen LogP contribution in [0.5, 0.6) is 0 Å². The van der Waals surface area contributed by atoms with Gasteiger partial charge < -0.3 is 14.2 Å². The van der Waals surface area contributed by atoms with E-state index in [0.29, 0.717) is 30.9 Å². The summed E-state index contributed by atoms with van der Waals surface area (Å²) in [4.78, 5) is 17.1. The molecule has 2 aliphatic rings. The zero-order chi connectivity index (χ0) is 16.5. The van der Waals surface area contributed by atoms with E-state index in [-0.39, 0.29) is 11.8 Å². The summed E-state index contributed by atoms with van der Waals surface area (Å²) in [6, 6.07) is 10.8. The maximum atomic E-state index is 13.1. The minimum atomic E-state index is 0.0170. The number of hydrogen-bond donors (Lipinski definition) is 0. The molecule has 1 aromatic heterocycles. The van der Waals surface area contributed by atoms with Crippen LogP contribution in [0.25, 0.3) is 0 Å². The molecule has 126 valence electrons. The molecule has 1 saturated heterocycles. The number of rotatable bonds is 4. The third-order valence-corrected chi connectivity index (χ3v) is 4.90. The Morgan fingerprint density at radius 1 is 1.12 bits per heavy atom. The van der Waals surface area contributed by atoms with Crippen LogP contribution in [-0.4, -0.2) is 47.2 Å². The van der Waals surface area contributed by atoms with Gasteiger partial charge in [-0.3, -0.25) is 4.79 Å². The number of carbonyl (C=O) groups is 1. The first-order valence-corrected chi connectivity index (χ1v) is 8.61. The lowest BCUT2D eigenvalue weighted by atomic mass is 9.92. The molecule has 1 unspecified atom stereocenters. The van der Waals surface area contributed by atoms with E-state index >= 15 is 0 Å². The molecule has 2 aromatic rings. The molecule has 24 heavy (non-hydrogen) atoms. The van der Waals surface area contributed by atoms with E-state index in [1.807, 2.05) is 23.1 Å². The summed E-state index contributed by atoms with van der Waals surface area (Å²) in [5.41, 5.74) is 1.15. The van der Waals surface area contributed by atoms with Crippen molar-refractivity contribution in [3.63, 3.8) is 0 Å². The number of aryl methyl sites for hydroxylation is 1. The van der Waals surface area contributed by atoms with Crippen molar-refractivity contribution in [3.05, 3.63) is 41.8 Å². The molecule has 0 bridgehead atoms. The quantitative estimate of drug-likeness (QED) is 0.862. The number of anilines is 1. The summed E-state index contributed by atoms with van der Waals surface area (Å²) in [7, 11) is 0. The molecule has 1 saturated carbocycles. The van der Waals surface area contributed by atoms with Crippen LogP contribution in [0.1, 0.15) is 30.2 Å². The van der Waals surface area contributed by atoms with Gasteiger partial charge in [-0.05, 0) is 24.3 Å². The molecule has 2 fully saturated rings. The Kier molecular flexibility index (Phi) is 3.96. The van der Waals surface area contributed by atoms with Crippen molar-refractivity contribution >= 4 is 11.9 Å². The molecule has 6 heteroatoms. The fraction of sp³-hybridized carbons (Fsp3) is 0.500. The molecule has 0 N–H and O–H groups in total. The SMILES string of the molecule is Cc1nnc(N2CCN(C(=O)C(c3ccccc3)C3CC3)CC2)o1. The Morgan fingerprint density at radius 3 is 2.42 bits per heavy atom. The van der Waals surface area contributed by atoms with Crippen molar-refractivity contribution in [3.8, 4) is 0 Å². The van der Waals surface area contributed by atoms with E-state index in [1.165, 1.54) is 0 Å². The van der Waals surface area contributed by atoms with Crippen molar-refractivity contribution in [2.45, 2.75) is 25.7 Å². The number of aromatic nitrogens is 2. The van der Waals surface area contributed by atoms with E-state index in [4.69, 9.17) is 4.42 Å². The van der Waals surface area contributed by atoms with Gasteiger partial charge in [0.1, 0.15) is 0 Å². The van der Waals surface area contributed by atoms with E-state index in [9.17, 15) is 4.79 Å². The summed E-state index contributed by atoms with van der Waals surface area (Å²) in [6.45, 7) is 4.67. The lowest BCUT2D eigenvalue weighted by molar-refractivity contribution is -0.133. The van der Waals surface area contributed by atoms with Gasteiger partial charge in [0.2, 0.25) is 11.8 Å². The number of carbonyl (C=O) groups excluding carboxylic acids is 1. The minimum absolute atomic E-state index is 0.0170. The standard InChI is InChI=1S/C18H22N4O2/c1-13-19-20-18(24-13)22-11-9-21(10-12-22)17(23)16(15-7-8-15)14-5-3-2-4-6-14/h2-6,15-16H,7-12H2,1H3. The normalized spacial score (nSPS) is 19.4. The van der Waals surface area contributed by atoms with Crippen LogP contribution in [0, 0.1) is 12.8 Å². The second-order valence-corrected chi connectivity index (χ2v) is 6.64. The van der Waals surface area contributed by atoms with Crippen molar-refractivity contribution in [1.82, 2.24) is 15.1 Å². The lowest BCUT2D eigenvalue weighted by Crippen LogP contribution is -2.50. The van der Waals surface area contributed by atoms with Crippen LogP contribution in [0.4, 0.5) is 6.01 Å². The average molecular weight is 326 g/mol. The molecule has 2 heterocycles. The molecule has 1 aliphatic carbocycles. The second kappa shape index (κ2) is 6.26. The lowest BCUT2D eigenvalue weighted by Gasteiger charge is -2.35. The molecule has 1 aliphatic heterocycles. The van der Waals surface area contributed by atoms with Crippen molar-refractivity contribution in [2.24, 2.45) is 5.92 Å². The van der Waals surface area contributed by atoms with E-state index in [1.54, 1.807) is 6.92 Å². The van der Waals surface area contributed by atoms with Gasteiger partial charge in [0.05, 0.1) is 5.92 Å². The topological polar surface area (TPSA) is 62.5 Å². The number of hydrogen-bond acceptors (Lipinski definition) is 5. The van der Waals surface area contributed by atoms with Crippen LogP contribution in [-0.2, 0) is 4.79 Å². The van der Waals surface area contributed by atoms with Gasteiger partial charge in [0, 0.05) is 33.1 Å². The van der Waals surface area contributed by atoms with Crippen molar-refractivity contribution in [2.75, 3.05) is 31.1 Å². The summed E-state index contributed by atoms with van der Waals surface area (Å²) in [6.07, 6.45) is 2.32. The first-order chi connectivity index (χ1) is 11.7. The van der Waals surface area contributed by atoms with Gasteiger partial charge in [0.15, 0.2) is 0 Å². The largest absolute Gasteiger partial charge is 0.408 e. The first-order valence-electron chi connectivity index (χ1n) is 8.61. The highest BCUT2D eigenvalue weighted by Gasteiger charge is 2.40. The van der Waals surface area contributed by atoms with Gasteiger partial charge >= 0.3 is 6.01 Å². The Labute approximate surface area is 141 Å².